The Hall–Kier alpha value is -2.53. The van der Waals surface area contributed by atoms with Crippen LogP contribution in [0.25, 0.3) is 0 Å². The van der Waals surface area contributed by atoms with Gasteiger partial charge in [0.2, 0.25) is 15.7 Å². The monoisotopic (exact) mass is 560 g/mol. The summed E-state index contributed by atoms with van der Waals surface area (Å²) >= 11 is 3.43. The number of nitrogens with zero attached hydrogens (tertiary/aromatic N) is 2. The van der Waals surface area contributed by atoms with Crippen LogP contribution < -0.4 is 0 Å². The standard InChI is InChI=1S/C24H21BrN2O5S2/c25-18-9-7-8-17(16-18)22-23(33(29,30)19-10-3-1-4-11-19)24(27-21(28)14-15-26(22)27)34(31,32)20-12-5-2-6-13-20/h1-13,16,22-24H,14-15H2. The lowest BCUT2D eigenvalue weighted by Crippen LogP contribution is -2.47. The van der Waals surface area contributed by atoms with Crippen molar-refractivity contribution in [1.29, 1.82) is 0 Å². The Balaban J connectivity index is 1.78. The largest absolute Gasteiger partial charge is 0.273 e. The number of amides is 1. The first-order valence-corrected chi connectivity index (χ1v) is 14.5. The topological polar surface area (TPSA) is 91.8 Å². The number of hydrogen-bond acceptors (Lipinski definition) is 6. The van der Waals surface area contributed by atoms with E-state index in [9.17, 15) is 21.6 Å². The molecule has 2 saturated heterocycles. The third kappa shape index (κ3) is 3.69. The molecule has 2 aliphatic heterocycles. The van der Waals surface area contributed by atoms with E-state index < -0.39 is 42.2 Å². The second kappa shape index (κ2) is 8.60. The van der Waals surface area contributed by atoms with Crippen LogP contribution in [0.15, 0.2) is 99.2 Å². The molecule has 10 heteroatoms. The molecule has 0 aliphatic carbocycles. The molecule has 34 heavy (non-hydrogen) atoms. The molecule has 5 rings (SSSR count). The highest BCUT2D eigenvalue weighted by molar-refractivity contribution is 9.10. The van der Waals surface area contributed by atoms with Gasteiger partial charge in [-0.15, -0.1) is 0 Å². The number of carbonyl (C=O) groups excluding carboxylic acids is 1. The molecule has 0 bridgehead atoms. The number of fused-ring (bicyclic) bond motifs is 1. The Kier molecular flexibility index (Phi) is 5.87. The first kappa shape index (κ1) is 23.2. The van der Waals surface area contributed by atoms with Gasteiger partial charge in [0, 0.05) is 17.4 Å². The van der Waals surface area contributed by atoms with Gasteiger partial charge in [-0.25, -0.2) is 21.8 Å². The lowest BCUT2D eigenvalue weighted by molar-refractivity contribution is -0.136. The van der Waals surface area contributed by atoms with Crippen LogP contribution in [-0.4, -0.2) is 49.9 Å². The van der Waals surface area contributed by atoms with Gasteiger partial charge < -0.3 is 0 Å². The molecule has 176 valence electrons. The van der Waals surface area contributed by atoms with Crippen molar-refractivity contribution in [2.24, 2.45) is 0 Å². The van der Waals surface area contributed by atoms with Crippen molar-refractivity contribution >= 4 is 41.5 Å². The van der Waals surface area contributed by atoms with Crippen LogP contribution in [-0.2, 0) is 24.5 Å². The van der Waals surface area contributed by atoms with Gasteiger partial charge in [-0.2, -0.15) is 0 Å². The molecule has 0 radical (unpaired) electrons. The van der Waals surface area contributed by atoms with Gasteiger partial charge >= 0.3 is 0 Å². The molecule has 2 heterocycles. The number of rotatable bonds is 5. The molecule has 3 aromatic rings. The molecule has 0 saturated carbocycles. The zero-order chi connectivity index (χ0) is 24.1. The van der Waals surface area contributed by atoms with Crippen molar-refractivity contribution in [1.82, 2.24) is 10.0 Å². The molecule has 3 atom stereocenters. The van der Waals surface area contributed by atoms with Crippen molar-refractivity contribution in [2.45, 2.75) is 32.9 Å². The Labute approximate surface area is 206 Å². The van der Waals surface area contributed by atoms with Crippen LogP contribution in [0.4, 0.5) is 0 Å². The summed E-state index contributed by atoms with van der Waals surface area (Å²) in [6.45, 7) is 0.234. The molecule has 1 amide bonds. The molecule has 3 aromatic carbocycles. The van der Waals surface area contributed by atoms with Crippen LogP contribution >= 0.6 is 15.9 Å². The fraction of sp³-hybridized carbons (Fsp3) is 0.208. The summed E-state index contributed by atoms with van der Waals surface area (Å²) < 4.78 is 56.8. The Morgan fingerprint density at radius 2 is 1.35 bits per heavy atom. The second-order valence-electron chi connectivity index (χ2n) is 8.22. The number of benzene rings is 3. The fourth-order valence-corrected chi connectivity index (χ4v) is 9.82. The van der Waals surface area contributed by atoms with Gasteiger partial charge in [0.25, 0.3) is 0 Å². The number of halogens is 1. The van der Waals surface area contributed by atoms with E-state index in [1.807, 2.05) is 6.07 Å². The normalized spacial score (nSPS) is 23.3. The Morgan fingerprint density at radius 3 is 1.94 bits per heavy atom. The Bertz CT molecular complexity index is 1450. The molecule has 7 nitrogen and oxygen atoms in total. The Morgan fingerprint density at radius 1 is 0.765 bits per heavy atom. The first-order valence-electron chi connectivity index (χ1n) is 10.6. The third-order valence-electron chi connectivity index (χ3n) is 6.25. The lowest BCUT2D eigenvalue weighted by Gasteiger charge is -2.26. The van der Waals surface area contributed by atoms with Crippen LogP contribution in [0, 0.1) is 0 Å². The maximum atomic E-state index is 14.1. The maximum absolute atomic E-state index is 14.1. The first-order chi connectivity index (χ1) is 16.2. The minimum atomic E-state index is -4.24. The van der Waals surface area contributed by atoms with Gasteiger partial charge in [0.1, 0.15) is 5.25 Å². The van der Waals surface area contributed by atoms with Crippen LogP contribution in [0.1, 0.15) is 18.0 Å². The molecule has 0 N–H and O–H groups in total. The van der Waals surface area contributed by atoms with Crippen molar-refractivity contribution < 1.29 is 21.6 Å². The van der Waals surface area contributed by atoms with Gasteiger partial charge in [-0.3, -0.25) is 9.80 Å². The van der Waals surface area contributed by atoms with E-state index in [1.54, 1.807) is 59.6 Å². The summed E-state index contributed by atoms with van der Waals surface area (Å²) in [5.74, 6) is -0.407. The van der Waals surface area contributed by atoms with Gasteiger partial charge in [-0.1, -0.05) is 64.5 Å². The summed E-state index contributed by atoms with van der Waals surface area (Å²) in [5, 5.41) is -0.253. The average molecular weight is 561 g/mol. The molecular weight excluding hydrogens is 540 g/mol. The average Bonchev–Trinajstić information content (AvgIpc) is 3.38. The zero-order valence-electron chi connectivity index (χ0n) is 17.9. The summed E-state index contributed by atoms with van der Waals surface area (Å²) in [6, 6.07) is 21.8. The number of hydrazine groups is 1. The molecule has 0 aromatic heterocycles. The van der Waals surface area contributed by atoms with E-state index in [2.05, 4.69) is 15.9 Å². The highest BCUT2D eigenvalue weighted by Crippen LogP contribution is 2.48. The van der Waals surface area contributed by atoms with Crippen LogP contribution in [0.2, 0.25) is 0 Å². The SMILES string of the molecule is O=C1CCN2C(c3cccc(Br)c3)C(S(=O)(=O)c3ccccc3)C(S(=O)(=O)c3ccccc3)N12. The predicted octanol–water partition coefficient (Wildman–Crippen LogP) is 3.60. The quantitative estimate of drug-likeness (QED) is 0.473. The number of carbonyl (C=O) groups is 1. The lowest BCUT2D eigenvalue weighted by atomic mass is 10.0. The zero-order valence-corrected chi connectivity index (χ0v) is 21.1. The summed E-state index contributed by atoms with van der Waals surface area (Å²) in [5.41, 5.74) is 0.615. The second-order valence-corrected chi connectivity index (χ2v) is 13.3. The van der Waals surface area contributed by atoms with E-state index in [0.717, 1.165) is 4.47 Å². The molecular formula is C24H21BrN2O5S2. The maximum Gasteiger partial charge on any atom is 0.239 e. The highest BCUT2D eigenvalue weighted by Gasteiger charge is 2.62. The molecule has 2 fully saturated rings. The van der Waals surface area contributed by atoms with Gasteiger partial charge in [0.05, 0.1) is 15.8 Å². The van der Waals surface area contributed by atoms with Gasteiger partial charge in [0.15, 0.2) is 15.2 Å². The third-order valence-corrected chi connectivity index (χ3v) is 11.1. The highest BCUT2D eigenvalue weighted by atomic mass is 79.9. The fourth-order valence-electron chi connectivity index (χ4n) is 4.80. The molecule has 3 unspecified atom stereocenters. The van der Waals surface area contributed by atoms with Crippen molar-refractivity contribution in [3.05, 3.63) is 95.0 Å². The van der Waals surface area contributed by atoms with E-state index in [1.165, 1.54) is 29.3 Å². The van der Waals surface area contributed by atoms with Crippen molar-refractivity contribution in [3.8, 4) is 0 Å². The summed E-state index contributed by atoms with van der Waals surface area (Å²) in [6.07, 6.45) is 0.115. The minimum absolute atomic E-state index is 0.0167. The smallest absolute Gasteiger partial charge is 0.239 e. The van der Waals surface area contributed by atoms with Crippen molar-refractivity contribution in [2.75, 3.05) is 6.54 Å². The minimum Gasteiger partial charge on any atom is -0.273 e. The number of sulfone groups is 2. The van der Waals surface area contributed by atoms with E-state index >= 15 is 0 Å². The molecule has 0 spiro atoms. The van der Waals surface area contributed by atoms with Gasteiger partial charge in [-0.05, 0) is 42.0 Å². The van der Waals surface area contributed by atoms with Crippen LogP contribution in [0.3, 0.4) is 0 Å². The van der Waals surface area contributed by atoms with E-state index in [0.29, 0.717) is 5.56 Å². The summed E-state index contributed by atoms with van der Waals surface area (Å²) in [7, 11) is -8.43. The molecule has 2 aliphatic rings. The predicted molar refractivity (Wildman–Crippen MR) is 130 cm³/mol. The van der Waals surface area contributed by atoms with Crippen molar-refractivity contribution in [3.63, 3.8) is 0 Å². The summed E-state index contributed by atoms with van der Waals surface area (Å²) in [4.78, 5) is 13.0. The van der Waals surface area contributed by atoms with E-state index in [4.69, 9.17) is 0 Å². The van der Waals surface area contributed by atoms with Crippen LogP contribution in [0.5, 0.6) is 0 Å². The number of hydrogen-bond donors (Lipinski definition) is 0. The van der Waals surface area contributed by atoms with E-state index in [-0.39, 0.29) is 22.8 Å².